The van der Waals surface area contributed by atoms with E-state index in [1.54, 1.807) is 36.4 Å². The second-order valence-electron chi connectivity index (χ2n) is 8.62. The first-order valence-corrected chi connectivity index (χ1v) is 12.5. The third kappa shape index (κ3) is 6.46. The van der Waals surface area contributed by atoms with Gasteiger partial charge in [-0.2, -0.15) is 5.26 Å². The summed E-state index contributed by atoms with van der Waals surface area (Å²) in [6.07, 6.45) is 1.33. The van der Waals surface area contributed by atoms with E-state index in [0.717, 1.165) is 25.1 Å². The van der Waals surface area contributed by atoms with Gasteiger partial charge in [0.2, 0.25) is 0 Å². The first-order valence-electron chi connectivity index (χ1n) is 11.0. The Hall–Kier alpha value is -3.09. The van der Waals surface area contributed by atoms with Crippen molar-refractivity contribution >= 4 is 27.4 Å². The van der Waals surface area contributed by atoms with E-state index in [1.807, 2.05) is 4.90 Å². The molecular formula is C24H30N4O4S. The van der Waals surface area contributed by atoms with Crippen molar-refractivity contribution in [3.8, 4) is 6.07 Å². The number of aromatic carboxylic acids is 1. The largest absolute Gasteiger partial charge is 0.478 e. The van der Waals surface area contributed by atoms with Crippen LogP contribution < -0.4 is 9.62 Å². The van der Waals surface area contributed by atoms with Gasteiger partial charge in [0.15, 0.2) is 0 Å². The number of rotatable bonds is 9. The Morgan fingerprint density at radius 2 is 1.79 bits per heavy atom. The summed E-state index contributed by atoms with van der Waals surface area (Å²) in [5, 5.41) is 18.5. The Morgan fingerprint density at radius 3 is 2.36 bits per heavy atom. The van der Waals surface area contributed by atoms with Crippen molar-refractivity contribution in [3.05, 3.63) is 53.6 Å². The molecule has 33 heavy (non-hydrogen) atoms. The van der Waals surface area contributed by atoms with Gasteiger partial charge in [-0.15, -0.1) is 0 Å². The van der Waals surface area contributed by atoms with E-state index in [4.69, 9.17) is 5.26 Å². The van der Waals surface area contributed by atoms with Gasteiger partial charge in [-0.3, -0.25) is 9.62 Å². The number of anilines is 2. The van der Waals surface area contributed by atoms with Crippen LogP contribution in [0.3, 0.4) is 0 Å². The molecule has 2 aromatic rings. The lowest BCUT2D eigenvalue weighted by Gasteiger charge is -2.36. The molecule has 9 heteroatoms. The number of piperazine rings is 1. The molecule has 1 aliphatic rings. The van der Waals surface area contributed by atoms with Crippen molar-refractivity contribution in [3.63, 3.8) is 0 Å². The third-order valence-electron chi connectivity index (χ3n) is 5.61. The molecule has 2 N–H and O–H groups in total. The summed E-state index contributed by atoms with van der Waals surface area (Å²) in [6.45, 7) is 7.66. The van der Waals surface area contributed by atoms with Gasteiger partial charge in [-0.05, 0) is 48.2 Å². The highest BCUT2D eigenvalue weighted by atomic mass is 32.2. The monoisotopic (exact) mass is 470 g/mol. The standard InChI is InChI=1S/C24H30N4O4S/c1-18(2)16-19-4-7-21(8-5-19)33(31,32)26-20-6-9-23(22(17-20)24(29)30)28-14-12-27(13-15-28)11-3-10-25/h4-9,17-18,26H,3,11-16H2,1-2H3,(H,29,30). The summed E-state index contributed by atoms with van der Waals surface area (Å²) in [6, 6.07) is 13.5. The van der Waals surface area contributed by atoms with Gasteiger partial charge in [0.1, 0.15) is 0 Å². The lowest BCUT2D eigenvalue weighted by atomic mass is 10.0. The van der Waals surface area contributed by atoms with E-state index in [2.05, 4.69) is 29.5 Å². The molecule has 1 saturated heterocycles. The minimum atomic E-state index is -3.84. The predicted molar refractivity (Wildman–Crippen MR) is 128 cm³/mol. The van der Waals surface area contributed by atoms with Crippen molar-refractivity contribution in [2.75, 3.05) is 42.3 Å². The maximum atomic E-state index is 12.8. The summed E-state index contributed by atoms with van der Waals surface area (Å²) in [7, 11) is -3.84. The minimum absolute atomic E-state index is 0.0490. The molecule has 0 radical (unpaired) electrons. The first-order chi connectivity index (χ1) is 15.7. The molecule has 1 aliphatic heterocycles. The number of nitriles is 1. The van der Waals surface area contributed by atoms with E-state index in [1.165, 1.54) is 6.07 Å². The smallest absolute Gasteiger partial charge is 0.337 e. The fourth-order valence-corrected chi connectivity index (χ4v) is 5.01. The lowest BCUT2D eigenvalue weighted by Crippen LogP contribution is -2.47. The summed E-state index contributed by atoms with van der Waals surface area (Å²) in [4.78, 5) is 16.2. The van der Waals surface area contributed by atoms with Crippen LogP contribution in [0.1, 0.15) is 36.2 Å². The summed E-state index contributed by atoms with van der Waals surface area (Å²) in [5.41, 5.74) is 1.88. The second kappa shape index (κ2) is 10.7. The molecular weight excluding hydrogens is 440 g/mol. The van der Waals surface area contributed by atoms with Crippen LogP contribution in [0.15, 0.2) is 47.4 Å². The van der Waals surface area contributed by atoms with Gasteiger partial charge in [0.25, 0.3) is 10.0 Å². The zero-order valence-corrected chi connectivity index (χ0v) is 19.8. The highest BCUT2D eigenvalue weighted by molar-refractivity contribution is 7.92. The molecule has 0 amide bonds. The molecule has 0 atom stereocenters. The number of carboxylic acid groups (broad SMARTS) is 1. The SMILES string of the molecule is CC(C)Cc1ccc(S(=O)(=O)Nc2ccc(N3CCN(CCC#N)CC3)c(C(=O)O)c2)cc1. The molecule has 0 spiro atoms. The minimum Gasteiger partial charge on any atom is -0.478 e. The molecule has 0 aliphatic carbocycles. The van der Waals surface area contributed by atoms with Gasteiger partial charge in [0.05, 0.1) is 22.2 Å². The molecule has 176 valence electrons. The molecule has 0 aromatic heterocycles. The van der Waals surface area contributed by atoms with Crippen molar-refractivity contribution < 1.29 is 18.3 Å². The third-order valence-corrected chi connectivity index (χ3v) is 7.01. The van der Waals surface area contributed by atoms with Crippen molar-refractivity contribution in [1.29, 1.82) is 5.26 Å². The number of nitrogens with zero attached hydrogens (tertiary/aromatic N) is 3. The van der Waals surface area contributed by atoms with E-state index >= 15 is 0 Å². The van der Waals surface area contributed by atoms with Gasteiger partial charge in [-0.25, -0.2) is 13.2 Å². The van der Waals surface area contributed by atoms with Crippen LogP contribution in [-0.2, 0) is 16.4 Å². The molecule has 1 heterocycles. The summed E-state index contributed by atoms with van der Waals surface area (Å²) >= 11 is 0. The zero-order chi connectivity index (χ0) is 24.0. The van der Waals surface area contributed by atoms with Crippen LogP contribution in [-0.4, -0.2) is 57.1 Å². The Labute approximate surface area is 195 Å². The van der Waals surface area contributed by atoms with Crippen LogP contribution in [0, 0.1) is 17.2 Å². The number of carboxylic acids is 1. The van der Waals surface area contributed by atoms with E-state index < -0.39 is 16.0 Å². The molecule has 0 bridgehead atoms. The molecule has 0 unspecified atom stereocenters. The van der Waals surface area contributed by atoms with Crippen LogP contribution in [0.25, 0.3) is 0 Å². The number of sulfonamides is 1. The number of carbonyl (C=O) groups is 1. The van der Waals surface area contributed by atoms with Crippen molar-refractivity contribution in [2.45, 2.75) is 31.6 Å². The zero-order valence-electron chi connectivity index (χ0n) is 19.0. The Bertz CT molecular complexity index is 1120. The second-order valence-corrected chi connectivity index (χ2v) is 10.3. The number of hydrogen-bond donors (Lipinski definition) is 2. The maximum Gasteiger partial charge on any atom is 0.337 e. The van der Waals surface area contributed by atoms with Crippen LogP contribution >= 0.6 is 0 Å². The summed E-state index contributed by atoms with van der Waals surface area (Å²) < 4.78 is 28.2. The lowest BCUT2D eigenvalue weighted by molar-refractivity contribution is 0.0697. The van der Waals surface area contributed by atoms with Crippen LogP contribution in [0.5, 0.6) is 0 Å². The van der Waals surface area contributed by atoms with Gasteiger partial charge in [-0.1, -0.05) is 26.0 Å². The maximum absolute atomic E-state index is 12.8. The Kier molecular flexibility index (Phi) is 7.95. The van der Waals surface area contributed by atoms with E-state index in [0.29, 0.717) is 37.7 Å². The number of hydrogen-bond acceptors (Lipinski definition) is 6. The van der Waals surface area contributed by atoms with Gasteiger partial charge in [0, 0.05) is 44.8 Å². The van der Waals surface area contributed by atoms with Gasteiger partial charge >= 0.3 is 5.97 Å². The average molecular weight is 471 g/mol. The predicted octanol–water partition coefficient (Wildman–Crippen LogP) is 3.42. The fraction of sp³-hybridized carbons (Fsp3) is 0.417. The Balaban J connectivity index is 1.75. The molecule has 1 fully saturated rings. The highest BCUT2D eigenvalue weighted by Crippen LogP contribution is 2.27. The molecule has 0 saturated carbocycles. The first kappa shape index (κ1) is 24.6. The number of nitrogens with one attached hydrogen (secondary N) is 1. The molecule has 2 aromatic carbocycles. The van der Waals surface area contributed by atoms with Gasteiger partial charge < -0.3 is 10.0 Å². The number of benzene rings is 2. The molecule has 8 nitrogen and oxygen atoms in total. The average Bonchev–Trinajstić information content (AvgIpc) is 2.78. The quantitative estimate of drug-likeness (QED) is 0.577. The van der Waals surface area contributed by atoms with Crippen LogP contribution in [0.4, 0.5) is 11.4 Å². The fourth-order valence-electron chi connectivity index (χ4n) is 3.96. The summed E-state index contributed by atoms with van der Waals surface area (Å²) in [5.74, 6) is -0.643. The van der Waals surface area contributed by atoms with Crippen molar-refractivity contribution in [1.82, 2.24) is 4.90 Å². The topological polar surface area (TPSA) is 114 Å². The Morgan fingerprint density at radius 1 is 1.12 bits per heavy atom. The van der Waals surface area contributed by atoms with E-state index in [-0.39, 0.29) is 16.1 Å². The normalized spacial score (nSPS) is 14.8. The highest BCUT2D eigenvalue weighted by Gasteiger charge is 2.23. The molecule has 3 rings (SSSR count). The van der Waals surface area contributed by atoms with Crippen LogP contribution in [0.2, 0.25) is 0 Å². The van der Waals surface area contributed by atoms with Crippen molar-refractivity contribution in [2.24, 2.45) is 5.92 Å². The van der Waals surface area contributed by atoms with E-state index in [9.17, 15) is 18.3 Å².